The number of aryl methyl sites for hydroxylation is 2. The minimum atomic E-state index is -0.221. The smallest absolute Gasteiger partial charge is 0.263 e. The van der Waals surface area contributed by atoms with Crippen LogP contribution in [0.25, 0.3) is 10.2 Å². The molecule has 1 saturated heterocycles. The molecule has 0 amide bonds. The molecule has 3 heterocycles. The van der Waals surface area contributed by atoms with Crippen molar-refractivity contribution >= 4 is 33.3 Å². The molecule has 0 spiro atoms. The molecule has 1 fully saturated rings. The molecule has 2 aromatic rings. The molecule has 2 aliphatic rings. The second kappa shape index (κ2) is 8.65. The van der Waals surface area contributed by atoms with Crippen molar-refractivity contribution in [2.75, 3.05) is 12.4 Å². The Morgan fingerprint density at radius 1 is 1.36 bits per heavy atom. The fourth-order valence-corrected chi connectivity index (χ4v) is 6.29. The maximum Gasteiger partial charge on any atom is 0.263 e. The van der Waals surface area contributed by atoms with Gasteiger partial charge in [0.1, 0.15) is 4.83 Å². The van der Waals surface area contributed by atoms with E-state index in [0.29, 0.717) is 30.3 Å². The van der Waals surface area contributed by atoms with Crippen LogP contribution >= 0.6 is 23.1 Å². The molecule has 1 aliphatic carbocycles. The second-order valence-electron chi connectivity index (χ2n) is 7.32. The molecular weight excluding hydrogens is 392 g/mol. The van der Waals surface area contributed by atoms with E-state index in [1.165, 1.54) is 22.2 Å². The van der Waals surface area contributed by atoms with Crippen LogP contribution in [0.2, 0.25) is 0 Å². The largest absolute Gasteiger partial charge is 0.376 e. The molecule has 0 radical (unpaired) electrons. The topological polar surface area (TPSA) is 91.7 Å². The number of nitrogens with zero attached hydrogens (tertiary/aromatic N) is 4. The van der Waals surface area contributed by atoms with Crippen LogP contribution in [0.1, 0.15) is 42.5 Å². The Balaban J connectivity index is 1.68. The van der Waals surface area contributed by atoms with Crippen molar-refractivity contribution < 1.29 is 4.74 Å². The van der Waals surface area contributed by atoms with Gasteiger partial charge in [0, 0.05) is 23.7 Å². The highest BCUT2D eigenvalue weighted by Gasteiger charge is 2.25. The van der Waals surface area contributed by atoms with Crippen LogP contribution in [0.3, 0.4) is 0 Å². The highest BCUT2D eigenvalue weighted by Crippen LogP contribution is 2.36. The highest BCUT2D eigenvalue weighted by molar-refractivity contribution is 7.99. The summed E-state index contributed by atoms with van der Waals surface area (Å²) in [6.07, 6.45) is 6.06. The first-order valence-electron chi connectivity index (χ1n) is 9.77. The lowest BCUT2D eigenvalue weighted by Gasteiger charge is -2.16. The summed E-state index contributed by atoms with van der Waals surface area (Å²) in [5, 5.41) is 19.6. The number of nitriles is 2. The zero-order valence-corrected chi connectivity index (χ0v) is 17.3. The Hall–Kier alpha value is -1.87. The zero-order valence-electron chi connectivity index (χ0n) is 15.6. The van der Waals surface area contributed by atoms with Gasteiger partial charge in [0.2, 0.25) is 0 Å². The molecule has 146 valence electrons. The van der Waals surface area contributed by atoms with Crippen LogP contribution in [0.15, 0.2) is 9.95 Å². The Morgan fingerprint density at radius 2 is 2.25 bits per heavy atom. The number of rotatable bonds is 7. The van der Waals surface area contributed by atoms with Gasteiger partial charge in [-0.2, -0.15) is 10.5 Å². The molecular formula is C20H22N4O2S2. The molecule has 28 heavy (non-hydrogen) atoms. The van der Waals surface area contributed by atoms with Crippen LogP contribution in [-0.4, -0.2) is 28.0 Å². The van der Waals surface area contributed by atoms with Gasteiger partial charge in [-0.1, -0.05) is 11.8 Å². The molecule has 6 nitrogen and oxygen atoms in total. The van der Waals surface area contributed by atoms with Crippen LogP contribution in [0.5, 0.6) is 0 Å². The first-order chi connectivity index (χ1) is 13.7. The summed E-state index contributed by atoms with van der Waals surface area (Å²) in [5.74, 6) is 0.314. The van der Waals surface area contributed by atoms with E-state index in [2.05, 4.69) is 12.1 Å². The van der Waals surface area contributed by atoms with Crippen molar-refractivity contribution in [1.82, 2.24) is 9.55 Å². The first-order valence-corrected chi connectivity index (χ1v) is 11.6. The van der Waals surface area contributed by atoms with Crippen LogP contribution in [-0.2, 0) is 24.1 Å². The standard InChI is InChI=1S/C20H22N4O2S2/c21-8-2-4-13(10-22)12-27-20-23-18-17(15-6-1-7-16(15)28-18)19(25)24(20)11-14-5-3-9-26-14/h13-14H,1-7,9,11-12H2/t13-,14+/m0/s1. The lowest BCUT2D eigenvalue weighted by Crippen LogP contribution is -2.29. The predicted octanol–water partition coefficient (Wildman–Crippen LogP) is 3.66. The van der Waals surface area contributed by atoms with Gasteiger partial charge >= 0.3 is 0 Å². The van der Waals surface area contributed by atoms with Crippen molar-refractivity contribution in [3.63, 3.8) is 0 Å². The third kappa shape index (κ3) is 3.82. The minimum absolute atomic E-state index is 0.0351. The number of ether oxygens (including phenoxy) is 1. The number of aromatic nitrogens is 2. The third-order valence-electron chi connectivity index (χ3n) is 5.40. The second-order valence-corrected chi connectivity index (χ2v) is 9.39. The van der Waals surface area contributed by atoms with Gasteiger partial charge in [0.05, 0.1) is 36.1 Å². The van der Waals surface area contributed by atoms with E-state index >= 15 is 0 Å². The van der Waals surface area contributed by atoms with Crippen molar-refractivity contribution in [2.45, 2.75) is 62.8 Å². The van der Waals surface area contributed by atoms with Gasteiger partial charge < -0.3 is 4.74 Å². The van der Waals surface area contributed by atoms with Gasteiger partial charge in [-0.25, -0.2) is 4.98 Å². The maximum atomic E-state index is 13.4. The van der Waals surface area contributed by atoms with Crippen LogP contribution in [0.4, 0.5) is 0 Å². The number of hydrogen-bond acceptors (Lipinski definition) is 7. The molecule has 0 N–H and O–H groups in total. The van der Waals surface area contributed by atoms with Crippen molar-refractivity contribution in [3.8, 4) is 12.1 Å². The van der Waals surface area contributed by atoms with Crippen molar-refractivity contribution in [1.29, 1.82) is 10.5 Å². The summed E-state index contributed by atoms with van der Waals surface area (Å²) < 4.78 is 7.54. The molecule has 2 atom stereocenters. The van der Waals surface area contributed by atoms with Crippen LogP contribution in [0, 0.1) is 28.6 Å². The van der Waals surface area contributed by atoms with Crippen LogP contribution < -0.4 is 5.56 Å². The van der Waals surface area contributed by atoms with Gasteiger partial charge in [-0.05, 0) is 44.1 Å². The molecule has 4 rings (SSSR count). The minimum Gasteiger partial charge on any atom is -0.376 e. The lowest BCUT2D eigenvalue weighted by atomic mass is 10.1. The molecule has 2 aromatic heterocycles. The van der Waals surface area contributed by atoms with Crippen molar-refractivity contribution in [3.05, 3.63) is 20.8 Å². The van der Waals surface area contributed by atoms with Gasteiger partial charge in [-0.15, -0.1) is 11.3 Å². The molecule has 0 bridgehead atoms. The van der Waals surface area contributed by atoms with Gasteiger partial charge in [0.15, 0.2) is 5.16 Å². The summed E-state index contributed by atoms with van der Waals surface area (Å²) in [5.41, 5.74) is 1.23. The van der Waals surface area contributed by atoms with E-state index in [1.54, 1.807) is 15.9 Å². The zero-order chi connectivity index (χ0) is 19.5. The van der Waals surface area contributed by atoms with Crippen molar-refractivity contribution in [2.24, 2.45) is 5.92 Å². The fraction of sp³-hybridized carbons (Fsp3) is 0.600. The molecule has 8 heteroatoms. The summed E-state index contributed by atoms with van der Waals surface area (Å²) in [7, 11) is 0. The SMILES string of the molecule is N#CCC[C@@H](C#N)CSc1nc2sc3c(c2c(=O)n1C[C@H]1CCCO1)CCC3. The van der Waals surface area contributed by atoms with Gasteiger partial charge in [0.25, 0.3) is 5.56 Å². The summed E-state index contributed by atoms with van der Waals surface area (Å²) in [6.45, 7) is 1.26. The van der Waals surface area contributed by atoms with E-state index in [9.17, 15) is 10.1 Å². The Morgan fingerprint density at radius 3 is 3.00 bits per heavy atom. The normalized spacial score (nSPS) is 19.4. The quantitative estimate of drug-likeness (QED) is 0.507. The number of hydrogen-bond donors (Lipinski definition) is 0. The average Bonchev–Trinajstić information content (AvgIpc) is 3.42. The Bertz CT molecular complexity index is 1010. The van der Waals surface area contributed by atoms with E-state index in [0.717, 1.165) is 48.9 Å². The molecule has 0 aromatic carbocycles. The van der Waals surface area contributed by atoms with Gasteiger partial charge in [-0.3, -0.25) is 9.36 Å². The summed E-state index contributed by atoms with van der Waals surface area (Å²) in [4.78, 5) is 20.4. The lowest BCUT2D eigenvalue weighted by molar-refractivity contribution is 0.0937. The fourth-order valence-electron chi connectivity index (χ4n) is 3.92. The highest BCUT2D eigenvalue weighted by atomic mass is 32.2. The molecule has 1 aliphatic heterocycles. The van der Waals surface area contributed by atoms with E-state index in [4.69, 9.17) is 15.0 Å². The third-order valence-corrected chi connectivity index (χ3v) is 7.73. The summed E-state index contributed by atoms with van der Waals surface area (Å²) >= 11 is 3.10. The number of thiophene rings is 1. The number of thioether (sulfide) groups is 1. The average molecular weight is 415 g/mol. The Labute approximate surface area is 172 Å². The Kier molecular flexibility index (Phi) is 6.01. The summed E-state index contributed by atoms with van der Waals surface area (Å²) in [6, 6.07) is 4.37. The maximum absolute atomic E-state index is 13.4. The molecule has 0 saturated carbocycles. The van der Waals surface area contributed by atoms with E-state index in [-0.39, 0.29) is 17.6 Å². The van der Waals surface area contributed by atoms with E-state index < -0.39 is 0 Å². The first kappa shape index (κ1) is 19.4. The monoisotopic (exact) mass is 414 g/mol. The molecule has 0 unspecified atom stereocenters. The number of fused-ring (bicyclic) bond motifs is 3. The predicted molar refractivity (Wildman–Crippen MR) is 110 cm³/mol. The van der Waals surface area contributed by atoms with E-state index in [1.807, 2.05) is 0 Å².